The number of nitrogens with zero attached hydrogens (tertiary/aromatic N) is 6. The number of benzene rings is 1. The molecule has 35 heavy (non-hydrogen) atoms. The lowest BCUT2D eigenvalue weighted by molar-refractivity contribution is 0.210. The van der Waals surface area contributed by atoms with E-state index in [0.717, 1.165) is 60.2 Å². The molecular formula is C25H28Cl2FN7. The summed E-state index contributed by atoms with van der Waals surface area (Å²) in [6, 6.07) is 10.6. The minimum atomic E-state index is -0.260. The fourth-order valence-electron chi connectivity index (χ4n) is 4.63. The first-order valence-corrected chi connectivity index (χ1v) is 11.1. The average molecular weight is 516 g/mol. The third-order valence-electron chi connectivity index (χ3n) is 6.23. The van der Waals surface area contributed by atoms with E-state index in [1.54, 1.807) is 30.7 Å². The molecule has 0 bridgehead atoms. The van der Waals surface area contributed by atoms with E-state index in [-0.39, 0.29) is 36.7 Å². The number of anilines is 1. The van der Waals surface area contributed by atoms with Crippen LogP contribution in [0.4, 0.5) is 10.2 Å². The average Bonchev–Trinajstić information content (AvgIpc) is 3.19. The summed E-state index contributed by atoms with van der Waals surface area (Å²) < 4.78 is 13.4. The van der Waals surface area contributed by atoms with Crippen molar-refractivity contribution in [2.24, 2.45) is 0 Å². The van der Waals surface area contributed by atoms with Crippen molar-refractivity contribution in [2.75, 3.05) is 31.1 Å². The number of aryl methyl sites for hydroxylation is 2. The number of rotatable bonds is 5. The van der Waals surface area contributed by atoms with E-state index in [1.807, 2.05) is 19.2 Å². The minimum Gasteiger partial charge on any atom is -0.352 e. The van der Waals surface area contributed by atoms with Gasteiger partial charge in [0, 0.05) is 67.8 Å². The van der Waals surface area contributed by atoms with Crippen molar-refractivity contribution in [1.29, 1.82) is 0 Å². The van der Waals surface area contributed by atoms with Gasteiger partial charge in [-0.15, -0.1) is 24.8 Å². The summed E-state index contributed by atoms with van der Waals surface area (Å²) in [4.78, 5) is 18.3. The molecule has 184 valence electrons. The van der Waals surface area contributed by atoms with Crippen LogP contribution in [0.2, 0.25) is 0 Å². The van der Waals surface area contributed by atoms with Crippen molar-refractivity contribution in [3.8, 4) is 11.3 Å². The Kier molecular flexibility index (Phi) is 8.77. The predicted molar refractivity (Wildman–Crippen MR) is 140 cm³/mol. The molecule has 1 N–H and O–H groups in total. The van der Waals surface area contributed by atoms with Gasteiger partial charge in [-0.25, -0.2) is 9.37 Å². The number of hydrogen-bond acceptors (Lipinski definition) is 6. The van der Waals surface area contributed by atoms with Crippen LogP contribution in [0.1, 0.15) is 28.6 Å². The molecule has 1 aromatic carbocycles. The van der Waals surface area contributed by atoms with Crippen molar-refractivity contribution < 1.29 is 4.39 Å². The van der Waals surface area contributed by atoms with Crippen molar-refractivity contribution in [3.63, 3.8) is 0 Å². The van der Waals surface area contributed by atoms with E-state index in [9.17, 15) is 4.39 Å². The van der Waals surface area contributed by atoms with Crippen LogP contribution in [-0.2, 0) is 0 Å². The highest BCUT2D eigenvalue weighted by atomic mass is 35.5. The fraction of sp³-hybridized carbons (Fsp3) is 0.280. The summed E-state index contributed by atoms with van der Waals surface area (Å²) in [5, 5.41) is 7.58. The summed E-state index contributed by atoms with van der Waals surface area (Å²) in [6.45, 7) is 7.43. The van der Waals surface area contributed by atoms with Crippen molar-refractivity contribution in [1.82, 2.24) is 30.0 Å². The normalized spacial score (nSPS) is 14.7. The second kappa shape index (κ2) is 11.6. The number of H-pyrrole nitrogens is 1. The molecule has 1 aliphatic rings. The number of aromatic amines is 1. The first-order valence-electron chi connectivity index (χ1n) is 11.1. The Labute approximate surface area is 216 Å². The van der Waals surface area contributed by atoms with Crippen molar-refractivity contribution >= 4 is 30.6 Å². The van der Waals surface area contributed by atoms with Crippen LogP contribution in [0.15, 0.2) is 61.2 Å². The Bertz CT molecular complexity index is 1210. The molecule has 1 fully saturated rings. The van der Waals surface area contributed by atoms with Crippen LogP contribution in [0.3, 0.4) is 0 Å². The highest BCUT2D eigenvalue weighted by Gasteiger charge is 2.31. The van der Waals surface area contributed by atoms with Gasteiger partial charge in [0.2, 0.25) is 0 Å². The summed E-state index contributed by atoms with van der Waals surface area (Å²) in [7, 11) is 0. The monoisotopic (exact) mass is 515 g/mol. The summed E-state index contributed by atoms with van der Waals surface area (Å²) in [5.74, 6) is 0.571. The Balaban J connectivity index is 0.00000171. The summed E-state index contributed by atoms with van der Waals surface area (Å²) >= 11 is 0. The standard InChI is InChI=1S/C25H26FN7.2ClH/c1-17-22(18(2)31-30-17)24(20-4-3-9-27-16-20)32-12-14-33(15-13-32)25-23(28-10-11-29-25)19-5-7-21(26)8-6-19;;/h3-11,16,24H,12-15H2,1-2H3,(H,30,31);2*1H. The van der Waals surface area contributed by atoms with Crippen LogP contribution >= 0.6 is 24.8 Å². The van der Waals surface area contributed by atoms with Gasteiger partial charge in [0.25, 0.3) is 0 Å². The molecule has 0 radical (unpaired) electrons. The van der Waals surface area contributed by atoms with E-state index >= 15 is 0 Å². The Morgan fingerprint density at radius 1 is 0.914 bits per heavy atom. The van der Waals surface area contributed by atoms with E-state index in [4.69, 9.17) is 0 Å². The summed E-state index contributed by atoms with van der Waals surface area (Å²) in [6.07, 6.45) is 7.14. The fourth-order valence-corrected chi connectivity index (χ4v) is 4.63. The van der Waals surface area contributed by atoms with E-state index < -0.39 is 0 Å². The van der Waals surface area contributed by atoms with Crippen LogP contribution in [0, 0.1) is 19.7 Å². The van der Waals surface area contributed by atoms with Gasteiger partial charge in [0.1, 0.15) is 11.5 Å². The molecular weight excluding hydrogens is 488 g/mol. The second-order valence-electron chi connectivity index (χ2n) is 8.30. The molecule has 0 saturated carbocycles. The largest absolute Gasteiger partial charge is 0.352 e. The van der Waals surface area contributed by atoms with Gasteiger partial charge < -0.3 is 4.90 Å². The lowest BCUT2D eigenvalue weighted by Gasteiger charge is -2.40. The third-order valence-corrected chi connectivity index (χ3v) is 6.23. The van der Waals surface area contributed by atoms with Gasteiger partial charge in [0.15, 0.2) is 5.82 Å². The van der Waals surface area contributed by atoms with Gasteiger partial charge >= 0.3 is 0 Å². The van der Waals surface area contributed by atoms with Gasteiger partial charge in [-0.1, -0.05) is 6.07 Å². The Morgan fingerprint density at radius 3 is 2.26 bits per heavy atom. The van der Waals surface area contributed by atoms with Gasteiger partial charge in [0.05, 0.1) is 11.7 Å². The van der Waals surface area contributed by atoms with Crippen LogP contribution < -0.4 is 4.90 Å². The zero-order valence-corrected chi connectivity index (χ0v) is 21.2. The molecule has 4 aromatic rings. The Hall–Kier alpha value is -3.07. The highest BCUT2D eigenvalue weighted by molar-refractivity contribution is 5.85. The lowest BCUT2D eigenvalue weighted by atomic mass is 9.96. The molecule has 5 rings (SSSR count). The van der Waals surface area contributed by atoms with E-state index in [0.29, 0.717) is 0 Å². The minimum absolute atomic E-state index is 0. The van der Waals surface area contributed by atoms with Gasteiger partial charge in [-0.2, -0.15) is 5.10 Å². The molecule has 1 aliphatic heterocycles. The van der Waals surface area contributed by atoms with Gasteiger partial charge in [-0.3, -0.25) is 20.0 Å². The number of nitrogens with one attached hydrogen (secondary N) is 1. The molecule has 1 atom stereocenters. The Morgan fingerprint density at radius 2 is 1.63 bits per heavy atom. The quantitative estimate of drug-likeness (QED) is 0.412. The number of halogens is 3. The predicted octanol–water partition coefficient (Wildman–Crippen LogP) is 4.77. The first-order chi connectivity index (χ1) is 16.1. The zero-order chi connectivity index (χ0) is 22.8. The lowest BCUT2D eigenvalue weighted by Crippen LogP contribution is -2.48. The van der Waals surface area contributed by atoms with Crippen LogP contribution in [0.25, 0.3) is 11.3 Å². The molecule has 7 nitrogen and oxygen atoms in total. The van der Waals surface area contributed by atoms with Crippen molar-refractivity contribution in [2.45, 2.75) is 19.9 Å². The molecule has 0 aliphatic carbocycles. The molecule has 10 heteroatoms. The molecule has 1 unspecified atom stereocenters. The number of pyridine rings is 1. The molecule has 0 spiro atoms. The van der Waals surface area contributed by atoms with Crippen LogP contribution in [0.5, 0.6) is 0 Å². The topological polar surface area (TPSA) is 73.8 Å². The molecule has 4 heterocycles. The van der Waals surface area contributed by atoms with Gasteiger partial charge in [-0.05, 0) is 49.7 Å². The maximum Gasteiger partial charge on any atom is 0.155 e. The number of piperazine rings is 1. The summed E-state index contributed by atoms with van der Waals surface area (Å²) in [5.41, 5.74) is 6.09. The molecule has 0 amide bonds. The van der Waals surface area contributed by atoms with Crippen molar-refractivity contribution in [3.05, 3.63) is 89.5 Å². The second-order valence-corrected chi connectivity index (χ2v) is 8.30. The third kappa shape index (κ3) is 5.45. The number of aromatic nitrogens is 5. The zero-order valence-electron chi connectivity index (χ0n) is 19.6. The highest BCUT2D eigenvalue weighted by Crippen LogP contribution is 2.34. The first kappa shape index (κ1) is 26.5. The maximum absolute atomic E-state index is 13.4. The molecule has 3 aromatic heterocycles. The van der Waals surface area contributed by atoms with E-state index in [2.05, 4.69) is 47.9 Å². The SMILES string of the molecule is Cc1n[nH]c(C)c1C(c1cccnc1)N1CCN(c2nccnc2-c2ccc(F)cc2)CC1.Cl.Cl. The maximum atomic E-state index is 13.4. The molecule has 1 saturated heterocycles. The number of hydrogen-bond donors (Lipinski definition) is 1. The van der Waals surface area contributed by atoms with Crippen LogP contribution in [-0.4, -0.2) is 56.2 Å². The smallest absolute Gasteiger partial charge is 0.155 e. The van der Waals surface area contributed by atoms with E-state index in [1.165, 1.54) is 17.7 Å².